The zero-order valence-corrected chi connectivity index (χ0v) is 16.4. The highest BCUT2D eigenvalue weighted by molar-refractivity contribution is 5.81. The fourth-order valence-electron chi connectivity index (χ4n) is 5.51. The first-order valence-corrected chi connectivity index (χ1v) is 10.5. The lowest BCUT2D eigenvalue weighted by Gasteiger charge is -2.47. The van der Waals surface area contributed by atoms with Gasteiger partial charge < -0.3 is 9.64 Å². The van der Waals surface area contributed by atoms with Gasteiger partial charge in [0.1, 0.15) is 0 Å². The molecule has 1 aromatic rings. The number of ether oxygens (including phenoxy) is 1. The van der Waals surface area contributed by atoms with Gasteiger partial charge in [0.05, 0.1) is 13.0 Å². The van der Waals surface area contributed by atoms with Crippen molar-refractivity contribution in [2.24, 2.45) is 11.3 Å². The van der Waals surface area contributed by atoms with E-state index in [0.717, 1.165) is 31.6 Å². The van der Waals surface area contributed by atoms with E-state index in [2.05, 4.69) is 25.1 Å². The van der Waals surface area contributed by atoms with Gasteiger partial charge in [-0.1, -0.05) is 18.2 Å². The molecule has 1 saturated heterocycles. The number of cyclic esters (lactones) is 1. The molecule has 1 heterocycles. The third-order valence-corrected chi connectivity index (χ3v) is 7.56. The summed E-state index contributed by atoms with van der Waals surface area (Å²) < 4.78 is 5.11. The molecule has 1 aliphatic heterocycles. The van der Waals surface area contributed by atoms with E-state index in [4.69, 9.17) is 4.74 Å². The second kappa shape index (κ2) is 6.08. The molecule has 0 N–H and O–H groups in total. The average Bonchev–Trinajstić information content (AvgIpc) is 3.32. The lowest BCUT2D eigenvalue weighted by molar-refractivity contribution is -0.146. The van der Waals surface area contributed by atoms with Crippen LogP contribution in [0.25, 0.3) is 0 Å². The van der Waals surface area contributed by atoms with Crippen molar-refractivity contribution in [3.8, 4) is 0 Å². The number of aryl methyl sites for hydroxylation is 1. The Bertz CT molecular complexity index is 785. The normalized spacial score (nSPS) is 34.7. The molecule has 0 unspecified atom stereocenters. The first-order chi connectivity index (χ1) is 12.9. The minimum atomic E-state index is -0.0981. The molecule has 0 atom stereocenters. The SMILES string of the molecule is Cc1cc(C2CC(N(C)C(=O)C3CC4(COC(=O)C4)C3)C2)ccc1C1CC1. The number of benzene rings is 1. The lowest BCUT2D eigenvalue weighted by atomic mass is 9.61. The van der Waals surface area contributed by atoms with E-state index in [1.165, 1.54) is 29.5 Å². The van der Waals surface area contributed by atoms with E-state index in [-0.39, 0.29) is 23.2 Å². The van der Waals surface area contributed by atoms with E-state index in [1.807, 2.05) is 11.9 Å². The third-order valence-electron chi connectivity index (χ3n) is 7.56. The number of hydrogen-bond donors (Lipinski definition) is 0. The van der Waals surface area contributed by atoms with Gasteiger partial charge in [-0.05, 0) is 74.0 Å². The zero-order chi connectivity index (χ0) is 18.8. The third kappa shape index (κ3) is 2.97. The Hall–Kier alpha value is -1.84. The van der Waals surface area contributed by atoms with Crippen LogP contribution < -0.4 is 0 Å². The summed E-state index contributed by atoms with van der Waals surface area (Å²) in [5, 5.41) is 0. The molecule has 1 spiro atoms. The Morgan fingerprint density at radius 3 is 2.52 bits per heavy atom. The summed E-state index contributed by atoms with van der Waals surface area (Å²) in [6, 6.07) is 7.40. The maximum absolute atomic E-state index is 12.8. The predicted octanol–water partition coefficient (Wildman–Crippen LogP) is 3.92. The van der Waals surface area contributed by atoms with Gasteiger partial charge in [0, 0.05) is 24.4 Å². The highest BCUT2D eigenvalue weighted by Crippen LogP contribution is 2.52. The fraction of sp³-hybridized carbons (Fsp3) is 0.652. The summed E-state index contributed by atoms with van der Waals surface area (Å²) in [6.45, 7) is 2.76. The van der Waals surface area contributed by atoms with Crippen LogP contribution >= 0.6 is 0 Å². The maximum atomic E-state index is 12.8. The number of nitrogens with zero attached hydrogens (tertiary/aromatic N) is 1. The van der Waals surface area contributed by atoms with Crippen LogP contribution in [0.4, 0.5) is 0 Å². The molecule has 4 aliphatic rings. The topological polar surface area (TPSA) is 46.6 Å². The minimum absolute atomic E-state index is 0.0266. The van der Waals surface area contributed by atoms with Gasteiger partial charge >= 0.3 is 5.97 Å². The molecule has 5 rings (SSSR count). The molecule has 1 aromatic carbocycles. The Kier molecular flexibility index (Phi) is 3.89. The minimum Gasteiger partial charge on any atom is -0.465 e. The Morgan fingerprint density at radius 1 is 1.19 bits per heavy atom. The molecule has 144 valence electrons. The molecule has 3 aliphatic carbocycles. The summed E-state index contributed by atoms with van der Waals surface area (Å²) in [7, 11) is 1.96. The maximum Gasteiger partial charge on any atom is 0.306 e. The van der Waals surface area contributed by atoms with E-state index >= 15 is 0 Å². The van der Waals surface area contributed by atoms with Gasteiger partial charge in [-0.15, -0.1) is 0 Å². The summed E-state index contributed by atoms with van der Waals surface area (Å²) >= 11 is 0. The monoisotopic (exact) mass is 367 g/mol. The van der Waals surface area contributed by atoms with E-state index in [9.17, 15) is 9.59 Å². The van der Waals surface area contributed by atoms with E-state index < -0.39 is 0 Å². The molecular formula is C23H29NO3. The lowest BCUT2D eigenvalue weighted by Crippen LogP contribution is -2.51. The fourth-order valence-corrected chi connectivity index (χ4v) is 5.51. The van der Waals surface area contributed by atoms with Gasteiger partial charge in [-0.2, -0.15) is 0 Å². The van der Waals surface area contributed by atoms with Crippen molar-refractivity contribution in [3.63, 3.8) is 0 Å². The first kappa shape index (κ1) is 17.3. The van der Waals surface area contributed by atoms with Crippen molar-refractivity contribution in [2.45, 2.75) is 69.7 Å². The largest absolute Gasteiger partial charge is 0.465 e. The van der Waals surface area contributed by atoms with Crippen molar-refractivity contribution in [1.82, 2.24) is 4.90 Å². The number of rotatable bonds is 4. The van der Waals surface area contributed by atoms with Gasteiger partial charge in [0.25, 0.3) is 0 Å². The second-order valence-electron chi connectivity index (χ2n) is 9.60. The molecule has 4 nitrogen and oxygen atoms in total. The quantitative estimate of drug-likeness (QED) is 0.758. The highest BCUT2D eigenvalue weighted by Gasteiger charge is 2.53. The summed E-state index contributed by atoms with van der Waals surface area (Å²) in [6.07, 6.45) is 6.98. The summed E-state index contributed by atoms with van der Waals surface area (Å²) in [5.41, 5.74) is 4.39. The number of esters is 1. The molecule has 3 saturated carbocycles. The molecule has 27 heavy (non-hydrogen) atoms. The van der Waals surface area contributed by atoms with Crippen LogP contribution in [0, 0.1) is 18.3 Å². The molecular weight excluding hydrogens is 338 g/mol. The average molecular weight is 367 g/mol. The van der Waals surface area contributed by atoms with Crippen LogP contribution in [0.3, 0.4) is 0 Å². The smallest absolute Gasteiger partial charge is 0.306 e. The van der Waals surface area contributed by atoms with Crippen molar-refractivity contribution in [3.05, 3.63) is 34.9 Å². The van der Waals surface area contributed by atoms with Crippen LogP contribution in [0.5, 0.6) is 0 Å². The number of hydrogen-bond acceptors (Lipinski definition) is 3. The van der Waals surface area contributed by atoms with Crippen LogP contribution in [0.2, 0.25) is 0 Å². The Balaban J connectivity index is 1.14. The molecule has 4 fully saturated rings. The molecule has 1 amide bonds. The van der Waals surface area contributed by atoms with E-state index in [0.29, 0.717) is 25.0 Å². The van der Waals surface area contributed by atoms with Crippen molar-refractivity contribution in [2.75, 3.05) is 13.7 Å². The highest BCUT2D eigenvalue weighted by atomic mass is 16.5. The zero-order valence-electron chi connectivity index (χ0n) is 16.4. The van der Waals surface area contributed by atoms with Crippen LogP contribution in [0.1, 0.15) is 73.5 Å². The molecule has 0 bridgehead atoms. The molecule has 0 radical (unpaired) electrons. The summed E-state index contributed by atoms with van der Waals surface area (Å²) in [5.74, 6) is 1.65. The van der Waals surface area contributed by atoms with E-state index in [1.54, 1.807) is 0 Å². The Labute approximate surface area is 161 Å². The van der Waals surface area contributed by atoms with Crippen molar-refractivity contribution < 1.29 is 14.3 Å². The number of carbonyl (C=O) groups is 2. The number of carbonyl (C=O) groups excluding carboxylic acids is 2. The molecule has 0 aromatic heterocycles. The molecule has 4 heteroatoms. The van der Waals surface area contributed by atoms with Gasteiger partial charge in [0.2, 0.25) is 5.91 Å². The Morgan fingerprint density at radius 2 is 1.93 bits per heavy atom. The number of amides is 1. The first-order valence-electron chi connectivity index (χ1n) is 10.5. The van der Waals surface area contributed by atoms with Crippen LogP contribution in [-0.4, -0.2) is 36.5 Å². The van der Waals surface area contributed by atoms with Crippen molar-refractivity contribution >= 4 is 11.9 Å². The van der Waals surface area contributed by atoms with Crippen LogP contribution in [-0.2, 0) is 14.3 Å². The predicted molar refractivity (Wildman–Crippen MR) is 102 cm³/mol. The van der Waals surface area contributed by atoms with Crippen LogP contribution in [0.15, 0.2) is 18.2 Å². The van der Waals surface area contributed by atoms with Gasteiger partial charge in [-0.3, -0.25) is 9.59 Å². The van der Waals surface area contributed by atoms with Gasteiger partial charge in [-0.25, -0.2) is 0 Å². The van der Waals surface area contributed by atoms with Gasteiger partial charge in [0.15, 0.2) is 0 Å². The second-order valence-corrected chi connectivity index (χ2v) is 9.60. The summed E-state index contributed by atoms with van der Waals surface area (Å²) in [4.78, 5) is 26.2. The standard InChI is InChI=1S/C23H29NO3/c1-14-7-16(5-6-20(14)15-3-4-15)17-8-19(9-17)24(2)22(26)18-10-23(11-18)12-21(25)27-13-23/h5-7,15,17-19H,3-4,8-13H2,1-2H3. The van der Waals surface area contributed by atoms with Crippen molar-refractivity contribution in [1.29, 1.82) is 0 Å².